The number of thiocarbonyl (C=S) groups is 1. The second-order valence-electron chi connectivity index (χ2n) is 10.8. The van der Waals surface area contributed by atoms with Crippen LogP contribution in [0, 0.1) is 29.1 Å². The van der Waals surface area contributed by atoms with Crippen LogP contribution in [0.25, 0.3) is 10.9 Å². The average Bonchev–Trinajstić information content (AvgIpc) is 2.80. The van der Waals surface area contributed by atoms with Crippen LogP contribution >= 0.6 is 35.4 Å². The number of H-pyrrole nitrogens is 1. The van der Waals surface area contributed by atoms with E-state index in [0.29, 0.717) is 67.4 Å². The smallest absolute Gasteiger partial charge is 0.328 e. The Labute approximate surface area is 225 Å². The number of aromatic nitrogens is 2. The molecule has 2 saturated carbocycles. The summed E-state index contributed by atoms with van der Waals surface area (Å²) < 4.78 is 1.20. The Balaban J connectivity index is 1.29. The lowest BCUT2D eigenvalue weighted by Gasteiger charge is -2.71. The van der Waals surface area contributed by atoms with Gasteiger partial charge in [0.1, 0.15) is 0 Å². The zero-order valence-electron chi connectivity index (χ0n) is 20.7. The van der Waals surface area contributed by atoms with Crippen molar-refractivity contribution in [1.29, 1.82) is 0 Å². The number of hydrogen-bond acceptors (Lipinski definition) is 3. The first-order valence-electron chi connectivity index (χ1n) is 12.3. The van der Waals surface area contributed by atoms with Crippen LogP contribution in [0.2, 0.25) is 10.0 Å². The molecule has 3 aromatic rings. The minimum atomic E-state index is -0.466. The Bertz CT molecular complexity index is 1480. The third-order valence-electron chi connectivity index (χ3n) is 8.73. The van der Waals surface area contributed by atoms with Crippen LogP contribution in [0.15, 0.2) is 46.0 Å². The summed E-state index contributed by atoms with van der Waals surface area (Å²) in [5.41, 5.74) is 1.57. The normalized spacial score (nSPS) is 26.0. The molecule has 2 aliphatic carbocycles. The highest BCUT2D eigenvalue weighted by Gasteiger charge is 2.66. The van der Waals surface area contributed by atoms with Crippen LogP contribution in [0.5, 0.6) is 0 Å². The van der Waals surface area contributed by atoms with E-state index >= 15 is 0 Å². The molecule has 3 N–H and O–H groups in total. The molecule has 5 rings (SSSR count). The number of rotatable bonds is 5. The molecule has 0 bridgehead atoms. The maximum Gasteiger partial charge on any atom is 0.328 e. The number of halogens is 2. The van der Waals surface area contributed by atoms with Crippen LogP contribution < -0.4 is 21.9 Å². The third-order valence-corrected chi connectivity index (χ3v) is 9.54. The van der Waals surface area contributed by atoms with Crippen molar-refractivity contribution in [1.82, 2.24) is 14.9 Å². The number of fused-ring (bicyclic) bond motifs is 2. The van der Waals surface area contributed by atoms with Crippen LogP contribution in [0.1, 0.15) is 33.3 Å². The molecular formula is C27H30Cl2N4O2S. The second-order valence-corrected chi connectivity index (χ2v) is 12.1. The molecule has 0 saturated heterocycles. The highest BCUT2D eigenvalue weighted by molar-refractivity contribution is 7.80. The van der Waals surface area contributed by atoms with Crippen molar-refractivity contribution >= 4 is 57.1 Å². The van der Waals surface area contributed by atoms with Gasteiger partial charge in [-0.25, -0.2) is 4.79 Å². The number of hydrogen-bond donors (Lipinski definition) is 3. The predicted molar refractivity (Wildman–Crippen MR) is 151 cm³/mol. The average molecular weight is 546 g/mol. The van der Waals surface area contributed by atoms with E-state index in [0.717, 1.165) is 11.5 Å². The molecule has 0 amide bonds. The van der Waals surface area contributed by atoms with Crippen molar-refractivity contribution in [3.05, 3.63) is 72.8 Å². The summed E-state index contributed by atoms with van der Waals surface area (Å²) in [5.74, 6) is 2.60. The molecule has 0 spiro atoms. The fourth-order valence-electron chi connectivity index (χ4n) is 6.52. The van der Waals surface area contributed by atoms with Crippen molar-refractivity contribution in [3.63, 3.8) is 0 Å². The number of aromatic amines is 1. The number of anilines is 1. The molecule has 1 heterocycles. The lowest BCUT2D eigenvalue weighted by molar-refractivity contribution is -0.213. The van der Waals surface area contributed by atoms with Crippen LogP contribution in [-0.4, -0.2) is 20.7 Å². The van der Waals surface area contributed by atoms with Crippen molar-refractivity contribution in [3.8, 4) is 0 Å². The van der Waals surface area contributed by atoms with E-state index in [1.165, 1.54) is 4.57 Å². The van der Waals surface area contributed by atoms with E-state index in [4.69, 9.17) is 35.4 Å². The van der Waals surface area contributed by atoms with Crippen molar-refractivity contribution in [2.75, 3.05) is 5.32 Å². The first-order chi connectivity index (χ1) is 17.0. The van der Waals surface area contributed by atoms with Gasteiger partial charge in [0.15, 0.2) is 5.11 Å². The van der Waals surface area contributed by atoms with Crippen LogP contribution in [0.3, 0.4) is 0 Å². The molecule has 190 valence electrons. The summed E-state index contributed by atoms with van der Waals surface area (Å²) in [5, 5.41) is 8.76. The minimum Gasteiger partial charge on any atom is -0.359 e. The summed E-state index contributed by atoms with van der Waals surface area (Å²) in [6.45, 7) is 9.55. The van der Waals surface area contributed by atoms with Crippen LogP contribution in [-0.2, 0) is 13.0 Å². The summed E-state index contributed by atoms with van der Waals surface area (Å²) in [7, 11) is 0. The monoisotopic (exact) mass is 544 g/mol. The van der Waals surface area contributed by atoms with Crippen molar-refractivity contribution in [2.45, 2.75) is 46.7 Å². The van der Waals surface area contributed by atoms with Gasteiger partial charge in [0.25, 0.3) is 5.56 Å². The standard InChI is InChI=1S/C27H30Cl2N4O2S/c1-13-22-21(14(2)27(22,3)4)23(13)32-25(36)30-17-7-8-18-20(12-17)31-26(35)33(24(18)34)10-9-15-5-6-16(28)11-19(15)29/h5-8,11-14,21-23H,9-10H2,1-4H3,(H,31,35)(H2,30,32,36)/t13-,14+,21?,22+,23+/m0/s1. The van der Waals surface area contributed by atoms with Crippen molar-refractivity contribution < 1.29 is 0 Å². The molecule has 6 nitrogen and oxygen atoms in total. The molecule has 0 radical (unpaired) electrons. The first-order valence-corrected chi connectivity index (χ1v) is 13.4. The Morgan fingerprint density at radius 2 is 1.89 bits per heavy atom. The zero-order valence-corrected chi connectivity index (χ0v) is 23.0. The largest absolute Gasteiger partial charge is 0.359 e. The van der Waals surface area contributed by atoms with Gasteiger partial charge in [0, 0.05) is 28.3 Å². The first kappa shape index (κ1) is 25.3. The third kappa shape index (κ3) is 4.15. The van der Waals surface area contributed by atoms with Gasteiger partial charge in [-0.2, -0.15) is 0 Å². The highest BCUT2D eigenvalue weighted by atomic mass is 35.5. The highest BCUT2D eigenvalue weighted by Crippen LogP contribution is 2.67. The van der Waals surface area contributed by atoms with E-state index < -0.39 is 5.69 Å². The van der Waals surface area contributed by atoms with E-state index in [9.17, 15) is 9.59 Å². The topological polar surface area (TPSA) is 78.9 Å². The molecule has 2 fully saturated rings. The van der Waals surface area contributed by atoms with Gasteiger partial charge >= 0.3 is 5.69 Å². The maximum atomic E-state index is 13.1. The molecule has 2 aromatic carbocycles. The number of benzene rings is 2. The summed E-state index contributed by atoms with van der Waals surface area (Å²) in [6.07, 6.45) is 0.432. The minimum absolute atomic E-state index is 0.205. The SMILES string of the molecule is C[C@@H]1[C@@H](NC(=S)Nc2ccc3c(=O)n(CCc4ccc(Cl)cc4Cl)c(=O)[nH]c3c2)C2[C@@H](C)C(C)(C)[C@@H]21. The molecular weight excluding hydrogens is 515 g/mol. The van der Waals surface area contributed by atoms with Gasteiger partial charge in [-0.15, -0.1) is 0 Å². The zero-order chi connectivity index (χ0) is 25.9. The Hall–Kier alpha value is -2.35. The van der Waals surface area contributed by atoms with E-state index in [1.807, 2.05) is 0 Å². The van der Waals surface area contributed by atoms with Gasteiger partial charge in [-0.3, -0.25) is 9.36 Å². The van der Waals surface area contributed by atoms with Gasteiger partial charge in [-0.1, -0.05) is 57.0 Å². The summed E-state index contributed by atoms with van der Waals surface area (Å²) in [6, 6.07) is 10.8. The molecule has 9 heteroatoms. The Kier molecular flexibility index (Phi) is 6.46. The second kappa shape index (κ2) is 9.19. The summed E-state index contributed by atoms with van der Waals surface area (Å²) >= 11 is 17.8. The lowest BCUT2D eigenvalue weighted by Crippen LogP contribution is -2.74. The van der Waals surface area contributed by atoms with Gasteiger partial charge in [0.05, 0.1) is 10.9 Å². The number of nitrogens with zero attached hydrogens (tertiary/aromatic N) is 1. The molecule has 1 unspecified atom stereocenters. The van der Waals surface area contributed by atoms with Gasteiger partial charge in [-0.05, 0) is 83.6 Å². The van der Waals surface area contributed by atoms with Crippen LogP contribution in [0.4, 0.5) is 5.69 Å². The number of nitrogens with one attached hydrogen (secondary N) is 3. The van der Waals surface area contributed by atoms with E-state index in [1.54, 1.807) is 36.4 Å². The number of aryl methyl sites for hydroxylation is 1. The Morgan fingerprint density at radius 3 is 2.61 bits per heavy atom. The molecule has 1 aromatic heterocycles. The quantitative estimate of drug-likeness (QED) is 0.372. The Morgan fingerprint density at radius 1 is 1.14 bits per heavy atom. The molecule has 5 atom stereocenters. The lowest BCUT2D eigenvalue weighted by atomic mass is 9.35. The van der Waals surface area contributed by atoms with Gasteiger partial charge < -0.3 is 15.6 Å². The molecule has 2 aliphatic rings. The molecule has 36 heavy (non-hydrogen) atoms. The van der Waals surface area contributed by atoms with Gasteiger partial charge in [0.2, 0.25) is 0 Å². The molecule has 0 aliphatic heterocycles. The maximum absolute atomic E-state index is 13.1. The van der Waals surface area contributed by atoms with Crippen molar-refractivity contribution in [2.24, 2.45) is 29.1 Å². The van der Waals surface area contributed by atoms with E-state index in [-0.39, 0.29) is 12.1 Å². The predicted octanol–water partition coefficient (Wildman–Crippen LogP) is 5.45. The fraction of sp³-hybridized carbons (Fsp3) is 0.444. The van der Waals surface area contributed by atoms with E-state index in [2.05, 4.69) is 43.3 Å². The summed E-state index contributed by atoms with van der Waals surface area (Å²) in [4.78, 5) is 28.6. The fourth-order valence-corrected chi connectivity index (χ4v) is 7.27.